The van der Waals surface area contributed by atoms with Gasteiger partial charge in [0.1, 0.15) is 5.82 Å². The molecule has 1 unspecified atom stereocenters. The number of carbonyl (C=O) groups excluding carboxylic acids is 1. The lowest BCUT2D eigenvalue weighted by Crippen LogP contribution is -2.34. The van der Waals surface area contributed by atoms with Crippen LogP contribution in [0.3, 0.4) is 0 Å². The van der Waals surface area contributed by atoms with E-state index in [1.54, 1.807) is 12.1 Å². The van der Waals surface area contributed by atoms with E-state index in [-0.39, 0.29) is 18.3 Å². The number of hydrogen-bond acceptors (Lipinski definition) is 3. The quantitative estimate of drug-likeness (QED) is 0.844. The molecule has 2 rings (SSSR count). The topological polar surface area (TPSA) is 44.4 Å². The first-order valence-corrected chi connectivity index (χ1v) is 7.55. The van der Waals surface area contributed by atoms with Crippen LogP contribution in [0, 0.1) is 11.7 Å². The van der Waals surface area contributed by atoms with Gasteiger partial charge in [0.2, 0.25) is 5.91 Å². The minimum absolute atomic E-state index is 0.0969. The molecule has 0 aliphatic carbocycles. The van der Waals surface area contributed by atoms with Crippen molar-refractivity contribution < 1.29 is 9.18 Å². The van der Waals surface area contributed by atoms with Crippen LogP contribution in [0.1, 0.15) is 20.3 Å². The molecule has 21 heavy (non-hydrogen) atoms. The van der Waals surface area contributed by atoms with Gasteiger partial charge in [0.05, 0.1) is 6.54 Å². The maximum Gasteiger partial charge on any atom is 0.238 e. The zero-order chi connectivity index (χ0) is 15.2. The number of nitrogens with one attached hydrogen (secondary N) is 2. The predicted molar refractivity (Wildman–Crippen MR) is 82.7 cm³/mol. The van der Waals surface area contributed by atoms with Crippen molar-refractivity contribution in [2.75, 3.05) is 31.5 Å². The van der Waals surface area contributed by atoms with Crippen LogP contribution in [0.25, 0.3) is 0 Å². The Bertz CT molecular complexity index is 461. The van der Waals surface area contributed by atoms with Crippen molar-refractivity contribution in [3.63, 3.8) is 0 Å². The fraction of sp³-hybridized carbons (Fsp3) is 0.562. The Kier molecular flexibility index (Phi) is 5.70. The van der Waals surface area contributed by atoms with Crippen molar-refractivity contribution in [2.45, 2.75) is 26.3 Å². The van der Waals surface area contributed by atoms with Gasteiger partial charge in [-0.3, -0.25) is 4.79 Å². The summed E-state index contributed by atoms with van der Waals surface area (Å²) in [5.74, 6) is 0.216. The van der Waals surface area contributed by atoms with E-state index in [4.69, 9.17) is 0 Å². The van der Waals surface area contributed by atoms with Crippen LogP contribution in [0.15, 0.2) is 24.3 Å². The van der Waals surface area contributed by atoms with Crippen molar-refractivity contribution in [2.24, 2.45) is 5.92 Å². The summed E-state index contributed by atoms with van der Waals surface area (Å²) in [7, 11) is 0. The third kappa shape index (κ3) is 5.10. The second kappa shape index (κ2) is 7.52. The molecular formula is C16H24FN3O. The SMILES string of the molecule is CC(C)N1CCC(CNCC(=O)Nc2ccc(F)cc2)C1. The average molecular weight is 293 g/mol. The van der Waals surface area contributed by atoms with E-state index in [9.17, 15) is 9.18 Å². The number of nitrogens with zero attached hydrogens (tertiary/aromatic N) is 1. The summed E-state index contributed by atoms with van der Waals surface area (Å²) >= 11 is 0. The van der Waals surface area contributed by atoms with Gasteiger partial charge in [-0.2, -0.15) is 0 Å². The average Bonchev–Trinajstić information content (AvgIpc) is 2.90. The Balaban J connectivity index is 1.65. The van der Waals surface area contributed by atoms with Gasteiger partial charge in [0.25, 0.3) is 0 Å². The lowest BCUT2D eigenvalue weighted by molar-refractivity contribution is -0.115. The number of carbonyl (C=O) groups is 1. The Hall–Kier alpha value is -1.46. The molecule has 0 spiro atoms. The molecular weight excluding hydrogens is 269 g/mol. The summed E-state index contributed by atoms with van der Waals surface area (Å²) in [6.07, 6.45) is 1.19. The summed E-state index contributed by atoms with van der Waals surface area (Å²) in [6.45, 7) is 7.82. The Labute approximate surface area is 125 Å². The molecule has 1 aromatic rings. The normalized spacial score (nSPS) is 19.1. The molecule has 1 fully saturated rings. The van der Waals surface area contributed by atoms with Gasteiger partial charge in [-0.25, -0.2) is 4.39 Å². The van der Waals surface area contributed by atoms with E-state index >= 15 is 0 Å². The fourth-order valence-corrected chi connectivity index (χ4v) is 2.63. The first-order chi connectivity index (χ1) is 10.0. The molecule has 1 amide bonds. The summed E-state index contributed by atoms with van der Waals surface area (Å²) < 4.78 is 12.8. The van der Waals surface area contributed by atoms with Crippen molar-refractivity contribution in [3.05, 3.63) is 30.1 Å². The third-order valence-electron chi connectivity index (χ3n) is 3.89. The second-order valence-corrected chi connectivity index (χ2v) is 5.93. The van der Waals surface area contributed by atoms with E-state index in [0.717, 1.165) is 19.6 Å². The van der Waals surface area contributed by atoms with Crippen LogP contribution in [0.5, 0.6) is 0 Å². The standard InChI is InChI=1S/C16H24FN3O/c1-12(2)20-8-7-13(11-20)9-18-10-16(21)19-15-5-3-14(17)4-6-15/h3-6,12-13,18H,7-11H2,1-2H3,(H,19,21). The largest absolute Gasteiger partial charge is 0.325 e. The number of halogens is 1. The molecule has 0 saturated carbocycles. The summed E-state index contributed by atoms with van der Waals surface area (Å²) in [5, 5.41) is 5.95. The predicted octanol–water partition coefficient (Wildman–Crippen LogP) is 2.08. The molecule has 1 aliphatic heterocycles. The lowest BCUT2D eigenvalue weighted by Gasteiger charge is -2.20. The number of benzene rings is 1. The van der Waals surface area contributed by atoms with Gasteiger partial charge in [-0.15, -0.1) is 0 Å². The van der Waals surface area contributed by atoms with E-state index < -0.39 is 0 Å². The molecule has 0 radical (unpaired) electrons. The molecule has 0 aromatic heterocycles. The van der Waals surface area contributed by atoms with E-state index in [2.05, 4.69) is 29.4 Å². The molecule has 1 saturated heterocycles. The van der Waals surface area contributed by atoms with Crippen LogP contribution >= 0.6 is 0 Å². The number of anilines is 1. The van der Waals surface area contributed by atoms with Gasteiger partial charge in [0, 0.05) is 18.3 Å². The maximum absolute atomic E-state index is 12.8. The molecule has 1 atom stereocenters. The lowest BCUT2D eigenvalue weighted by atomic mass is 10.1. The smallest absolute Gasteiger partial charge is 0.238 e. The Morgan fingerprint density at radius 2 is 2.10 bits per heavy atom. The highest BCUT2D eigenvalue weighted by molar-refractivity contribution is 5.92. The van der Waals surface area contributed by atoms with Gasteiger partial charge in [-0.05, 0) is 63.5 Å². The van der Waals surface area contributed by atoms with E-state index in [1.807, 2.05) is 0 Å². The number of amides is 1. The summed E-state index contributed by atoms with van der Waals surface area (Å²) in [5.41, 5.74) is 0.620. The van der Waals surface area contributed by atoms with E-state index in [1.165, 1.54) is 18.6 Å². The molecule has 4 nitrogen and oxygen atoms in total. The Morgan fingerprint density at radius 3 is 2.71 bits per heavy atom. The molecule has 1 aromatic carbocycles. The zero-order valence-corrected chi connectivity index (χ0v) is 12.7. The fourth-order valence-electron chi connectivity index (χ4n) is 2.63. The highest BCUT2D eigenvalue weighted by Crippen LogP contribution is 2.17. The number of rotatable bonds is 6. The van der Waals surface area contributed by atoms with Gasteiger partial charge < -0.3 is 15.5 Å². The Morgan fingerprint density at radius 1 is 1.38 bits per heavy atom. The molecule has 1 heterocycles. The minimum atomic E-state index is -0.304. The van der Waals surface area contributed by atoms with E-state index in [0.29, 0.717) is 17.6 Å². The highest BCUT2D eigenvalue weighted by Gasteiger charge is 2.23. The molecule has 1 aliphatic rings. The summed E-state index contributed by atoms with van der Waals surface area (Å²) in [4.78, 5) is 14.2. The first-order valence-electron chi connectivity index (χ1n) is 7.55. The highest BCUT2D eigenvalue weighted by atomic mass is 19.1. The van der Waals surface area contributed by atoms with Gasteiger partial charge in [-0.1, -0.05) is 0 Å². The van der Waals surface area contributed by atoms with Crippen molar-refractivity contribution in [1.82, 2.24) is 10.2 Å². The molecule has 2 N–H and O–H groups in total. The van der Waals surface area contributed by atoms with Crippen LogP contribution in [0.2, 0.25) is 0 Å². The number of hydrogen-bond donors (Lipinski definition) is 2. The zero-order valence-electron chi connectivity index (χ0n) is 12.7. The van der Waals surface area contributed by atoms with Gasteiger partial charge >= 0.3 is 0 Å². The first kappa shape index (κ1) is 15.9. The summed E-state index contributed by atoms with van der Waals surface area (Å²) in [6, 6.07) is 6.39. The van der Waals surface area contributed by atoms with Crippen molar-refractivity contribution in [1.29, 1.82) is 0 Å². The second-order valence-electron chi connectivity index (χ2n) is 5.93. The monoisotopic (exact) mass is 293 g/mol. The third-order valence-corrected chi connectivity index (χ3v) is 3.89. The molecule has 0 bridgehead atoms. The van der Waals surface area contributed by atoms with Gasteiger partial charge in [0.15, 0.2) is 0 Å². The van der Waals surface area contributed by atoms with Crippen LogP contribution in [-0.4, -0.2) is 43.0 Å². The van der Waals surface area contributed by atoms with Crippen molar-refractivity contribution in [3.8, 4) is 0 Å². The van der Waals surface area contributed by atoms with Crippen LogP contribution in [0.4, 0.5) is 10.1 Å². The van der Waals surface area contributed by atoms with Crippen molar-refractivity contribution >= 4 is 11.6 Å². The van der Waals surface area contributed by atoms with Crippen LogP contribution in [-0.2, 0) is 4.79 Å². The molecule has 5 heteroatoms. The molecule has 116 valence electrons. The number of likely N-dealkylation sites (tertiary alicyclic amines) is 1. The van der Waals surface area contributed by atoms with Crippen LogP contribution < -0.4 is 10.6 Å². The minimum Gasteiger partial charge on any atom is -0.325 e. The maximum atomic E-state index is 12.8.